The van der Waals surface area contributed by atoms with Gasteiger partial charge < -0.3 is 15.2 Å². The molecule has 0 bridgehead atoms. The maximum Gasteiger partial charge on any atom is 0.337 e. The number of hydrogen-bond donors (Lipinski definition) is 3. The average Bonchev–Trinajstić information content (AvgIpc) is 2.54. The molecule has 0 fully saturated rings. The monoisotopic (exact) mass is 358 g/mol. The van der Waals surface area contributed by atoms with Crippen molar-refractivity contribution in [2.75, 3.05) is 25.1 Å². The second kappa shape index (κ2) is 9.61. The molecule has 1 aromatic rings. The van der Waals surface area contributed by atoms with Crippen LogP contribution in [0.2, 0.25) is 0 Å². The fourth-order valence-electron chi connectivity index (χ4n) is 1.98. The van der Waals surface area contributed by atoms with Crippen LogP contribution in [0.4, 0.5) is 5.69 Å². The molecule has 0 saturated heterocycles. The SMILES string of the molecule is CCOCCCNc1ccc(S(=O)(=O)NC(C)CC)cc1C(=O)O. The number of aromatic carboxylic acids is 1. The van der Waals surface area contributed by atoms with Gasteiger partial charge in [-0.05, 0) is 44.9 Å². The van der Waals surface area contributed by atoms with Crippen LogP contribution in [0.3, 0.4) is 0 Å². The van der Waals surface area contributed by atoms with Gasteiger partial charge in [0.15, 0.2) is 0 Å². The third-order valence-electron chi connectivity index (χ3n) is 3.49. The first-order valence-corrected chi connectivity index (χ1v) is 9.51. The summed E-state index contributed by atoms with van der Waals surface area (Å²) in [4.78, 5) is 11.4. The number of anilines is 1. The van der Waals surface area contributed by atoms with Crippen molar-refractivity contribution in [3.63, 3.8) is 0 Å². The van der Waals surface area contributed by atoms with Crippen LogP contribution >= 0.6 is 0 Å². The molecule has 7 nitrogen and oxygen atoms in total. The molecule has 8 heteroatoms. The lowest BCUT2D eigenvalue weighted by Crippen LogP contribution is -2.32. The Labute approximate surface area is 143 Å². The highest BCUT2D eigenvalue weighted by atomic mass is 32.2. The molecule has 0 aliphatic carbocycles. The van der Waals surface area contributed by atoms with Crippen molar-refractivity contribution in [2.24, 2.45) is 0 Å². The van der Waals surface area contributed by atoms with Crippen LogP contribution in [0.25, 0.3) is 0 Å². The topological polar surface area (TPSA) is 105 Å². The largest absolute Gasteiger partial charge is 0.478 e. The molecular weight excluding hydrogens is 332 g/mol. The number of carbonyl (C=O) groups is 1. The Bertz CT molecular complexity index is 646. The van der Waals surface area contributed by atoms with E-state index in [-0.39, 0.29) is 16.5 Å². The number of ether oxygens (including phenoxy) is 1. The fraction of sp³-hybridized carbons (Fsp3) is 0.562. The Balaban J connectivity index is 2.92. The van der Waals surface area contributed by atoms with Gasteiger partial charge in [0.05, 0.1) is 10.5 Å². The van der Waals surface area contributed by atoms with Gasteiger partial charge in [0.2, 0.25) is 10.0 Å². The lowest BCUT2D eigenvalue weighted by Gasteiger charge is -2.14. The van der Waals surface area contributed by atoms with E-state index >= 15 is 0 Å². The van der Waals surface area contributed by atoms with Crippen LogP contribution in [0.5, 0.6) is 0 Å². The summed E-state index contributed by atoms with van der Waals surface area (Å²) in [6.45, 7) is 7.28. The van der Waals surface area contributed by atoms with E-state index in [4.69, 9.17) is 4.74 Å². The second-order valence-electron chi connectivity index (χ2n) is 5.42. The zero-order chi connectivity index (χ0) is 18.2. The maximum atomic E-state index is 12.3. The molecule has 1 unspecified atom stereocenters. The molecule has 1 atom stereocenters. The molecule has 0 saturated carbocycles. The fourth-order valence-corrected chi connectivity index (χ4v) is 3.33. The lowest BCUT2D eigenvalue weighted by molar-refractivity contribution is 0.0697. The molecule has 0 aliphatic rings. The molecule has 0 aliphatic heterocycles. The van der Waals surface area contributed by atoms with Crippen molar-refractivity contribution in [1.82, 2.24) is 4.72 Å². The first-order chi connectivity index (χ1) is 11.3. The van der Waals surface area contributed by atoms with Gasteiger partial charge >= 0.3 is 5.97 Å². The van der Waals surface area contributed by atoms with Crippen LogP contribution in [-0.2, 0) is 14.8 Å². The van der Waals surface area contributed by atoms with Gasteiger partial charge in [0.1, 0.15) is 0 Å². The Morgan fingerprint density at radius 2 is 2.04 bits per heavy atom. The molecule has 0 aromatic heterocycles. The highest BCUT2D eigenvalue weighted by Crippen LogP contribution is 2.21. The highest BCUT2D eigenvalue weighted by Gasteiger charge is 2.20. The molecule has 136 valence electrons. The van der Waals surface area contributed by atoms with Crippen molar-refractivity contribution in [2.45, 2.75) is 44.6 Å². The average molecular weight is 358 g/mol. The Kier molecular flexibility index (Phi) is 8.17. The summed E-state index contributed by atoms with van der Waals surface area (Å²) >= 11 is 0. The van der Waals surface area contributed by atoms with Crippen molar-refractivity contribution in [3.8, 4) is 0 Å². The van der Waals surface area contributed by atoms with Crippen molar-refractivity contribution in [1.29, 1.82) is 0 Å². The predicted molar refractivity (Wildman–Crippen MR) is 93.1 cm³/mol. The van der Waals surface area contributed by atoms with Gasteiger partial charge in [0.25, 0.3) is 0 Å². The predicted octanol–water partition coefficient (Wildman–Crippen LogP) is 2.30. The van der Waals surface area contributed by atoms with Crippen molar-refractivity contribution in [3.05, 3.63) is 23.8 Å². The third kappa shape index (κ3) is 6.10. The summed E-state index contributed by atoms with van der Waals surface area (Å²) in [6.07, 6.45) is 1.37. The van der Waals surface area contributed by atoms with Gasteiger partial charge in [-0.2, -0.15) is 0 Å². The number of carboxylic acids is 1. The number of benzene rings is 1. The standard InChI is InChI=1S/C16H26N2O5S/c1-4-12(3)18-24(21,22)13-7-8-15(14(11-13)16(19)20)17-9-6-10-23-5-2/h7-8,11-12,17-18H,4-6,9-10H2,1-3H3,(H,19,20). The first kappa shape index (κ1) is 20.4. The number of carboxylic acid groups (broad SMARTS) is 1. The van der Waals surface area contributed by atoms with Crippen molar-refractivity contribution >= 4 is 21.7 Å². The van der Waals surface area contributed by atoms with Gasteiger partial charge in [0, 0.05) is 31.5 Å². The van der Waals surface area contributed by atoms with Gasteiger partial charge in [-0.15, -0.1) is 0 Å². The lowest BCUT2D eigenvalue weighted by atomic mass is 10.2. The zero-order valence-corrected chi connectivity index (χ0v) is 15.1. The molecule has 1 rings (SSSR count). The molecule has 3 N–H and O–H groups in total. The zero-order valence-electron chi connectivity index (χ0n) is 14.3. The summed E-state index contributed by atoms with van der Waals surface area (Å²) in [6, 6.07) is 3.84. The van der Waals surface area contributed by atoms with Gasteiger partial charge in [-0.3, -0.25) is 0 Å². The summed E-state index contributed by atoms with van der Waals surface area (Å²) in [7, 11) is -3.74. The normalized spacial score (nSPS) is 12.8. The van der Waals surface area contributed by atoms with Crippen LogP contribution in [0, 0.1) is 0 Å². The van der Waals surface area contributed by atoms with Crippen LogP contribution in [-0.4, -0.2) is 45.3 Å². The van der Waals surface area contributed by atoms with Crippen LogP contribution in [0.1, 0.15) is 44.0 Å². The molecule has 0 radical (unpaired) electrons. The maximum absolute atomic E-state index is 12.3. The summed E-state index contributed by atoms with van der Waals surface area (Å²) in [5.74, 6) is -1.18. The van der Waals surface area contributed by atoms with Gasteiger partial charge in [-0.25, -0.2) is 17.9 Å². The summed E-state index contributed by atoms with van der Waals surface area (Å²) in [5, 5.41) is 12.4. The summed E-state index contributed by atoms with van der Waals surface area (Å²) in [5.41, 5.74) is 0.319. The molecule has 24 heavy (non-hydrogen) atoms. The minimum Gasteiger partial charge on any atom is -0.478 e. The third-order valence-corrected chi connectivity index (χ3v) is 5.07. The van der Waals surface area contributed by atoms with E-state index in [2.05, 4.69) is 10.0 Å². The molecule has 0 amide bonds. The van der Waals surface area contributed by atoms with Crippen molar-refractivity contribution < 1.29 is 23.1 Å². The summed E-state index contributed by atoms with van der Waals surface area (Å²) < 4.78 is 32.3. The van der Waals surface area contributed by atoms with E-state index in [0.29, 0.717) is 31.9 Å². The minimum atomic E-state index is -3.74. The number of hydrogen-bond acceptors (Lipinski definition) is 5. The number of sulfonamides is 1. The second-order valence-corrected chi connectivity index (χ2v) is 7.13. The van der Waals surface area contributed by atoms with Gasteiger partial charge in [-0.1, -0.05) is 6.92 Å². The van der Waals surface area contributed by atoms with Crippen LogP contribution < -0.4 is 10.0 Å². The minimum absolute atomic E-state index is 0.0555. The van der Waals surface area contributed by atoms with Crippen LogP contribution in [0.15, 0.2) is 23.1 Å². The molecular formula is C16H26N2O5S. The Hall–Kier alpha value is -1.64. The molecule has 0 spiro atoms. The Morgan fingerprint density at radius 3 is 2.62 bits per heavy atom. The number of nitrogens with one attached hydrogen (secondary N) is 2. The van der Waals surface area contributed by atoms with E-state index in [9.17, 15) is 18.3 Å². The highest BCUT2D eigenvalue weighted by molar-refractivity contribution is 7.89. The quantitative estimate of drug-likeness (QED) is 0.524. The Morgan fingerprint density at radius 1 is 1.33 bits per heavy atom. The van der Waals surface area contributed by atoms with E-state index in [1.807, 2.05) is 13.8 Å². The van der Waals surface area contributed by atoms with E-state index < -0.39 is 16.0 Å². The van der Waals surface area contributed by atoms with E-state index in [1.165, 1.54) is 18.2 Å². The smallest absolute Gasteiger partial charge is 0.337 e. The van der Waals surface area contributed by atoms with E-state index in [0.717, 1.165) is 6.42 Å². The molecule has 1 aromatic carbocycles. The number of rotatable bonds is 11. The van der Waals surface area contributed by atoms with E-state index in [1.54, 1.807) is 6.92 Å². The molecule has 0 heterocycles. The first-order valence-electron chi connectivity index (χ1n) is 8.03.